The van der Waals surface area contributed by atoms with Gasteiger partial charge in [-0.1, -0.05) is 18.9 Å². The summed E-state index contributed by atoms with van der Waals surface area (Å²) in [6.07, 6.45) is 4.54. The Morgan fingerprint density at radius 2 is 2.05 bits per heavy atom. The van der Waals surface area contributed by atoms with E-state index in [0.717, 1.165) is 25.9 Å². The van der Waals surface area contributed by atoms with Crippen LogP contribution in [0, 0.1) is 11.3 Å². The Hall–Kier alpha value is -2.22. The van der Waals surface area contributed by atoms with Crippen molar-refractivity contribution in [1.82, 2.24) is 4.90 Å². The Balaban J connectivity index is 2.02. The largest absolute Gasteiger partial charge is 0.495 e. The fourth-order valence-corrected chi connectivity index (χ4v) is 2.57. The number of anilines is 1. The van der Waals surface area contributed by atoms with Crippen LogP contribution < -0.4 is 10.1 Å². The summed E-state index contributed by atoms with van der Waals surface area (Å²) in [7, 11) is 1.55. The third kappa shape index (κ3) is 3.88. The van der Waals surface area contributed by atoms with Gasteiger partial charge in [0.1, 0.15) is 11.8 Å². The number of carbonyl (C=O) groups excluding carboxylic acids is 1. The topological polar surface area (TPSA) is 65.4 Å². The van der Waals surface area contributed by atoms with E-state index in [0.29, 0.717) is 17.0 Å². The smallest absolute Gasteiger partial charge is 0.241 e. The molecule has 5 heteroatoms. The quantitative estimate of drug-likeness (QED) is 0.923. The Kier molecular flexibility index (Phi) is 5.44. The lowest BCUT2D eigenvalue weighted by atomic mass is 10.1. The minimum absolute atomic E-state index is 0.0756. The molecule has 0 saturated carbocycles. The third-order valence-electron chi connectivity index (χ3n) is 3.74. The molecule has 1 aliphatic heterocycles. The van der Waals surface area contributed by atoms with Crippen LogP contribution in [0.2, 0.25) is 0 Å². The molecule has 1 N–H and O–H groups in total. The molecule has 1 fully saturated rings. The summed E-state index contributed by atoms with van der Waals surface area (Å²) < 4.78 is 5.25. The molecule has 1 aliphatic rings. The molecular formula is C16H21N3O2. The molecule has 1 aromatic rings. The van der Waals surface area contributed by atoms with Gasteiger partial charge in [0.05, 0.1) is 24.9 Å². The van der Waals surface area contributed by atoms with Crippen LogP contribution in [0.25, 0.3) is 0 Å². The number of nitrogens with one attached hydrogen (secondary N) is 1. The molecule has 2 rings (SSSR count). The second kappa shape index (κ2) is 7.53. The van der Waals surface area contributed by atoms with Gasteiger partial charge in [-0.05, 0) is 25.0 Å². The first kappa shape index (κ1) is 15.2. The Bertz CT molecular complexity index is 529. The van der Waals surface area contributed by atoms with Crippen LogP contribution in [-0.4, -0.2) is 37.6 Å². The van der Waals surface area contributed by atoms with Crippen molar-refractivity contribution in [3.8, 4) is 11.8 Å². The summed E-state index contributed by atoms with van der Waals surface area (Å²) in [5, 5.41) is 12.2. The van der Waals surface area contributed by atoms with E-state index in [9.17, 15) is 4.79 Å². The number of methoxy groups -OCH3 is 1. The van der Waals surface area contributed by atoms with E-state index in [1.807, 2.05) is 4.90 Å². The predicted octanol–water partition coefficient (Wildman–Crippen LogP) is 2.38. The Morgan fingerprint density at radius 1 is 1.33 bits per heavy atom. The van der Waals surface area contributed by atoms with Gasteiger partial charge in [-0.2, -0.15) is 5.26 Å². The van der Waals surface area contributed by atoms with E-state index in [-0.39, 0.29) is 12.5 Å². The van der Waals surface area contributed by atoms with Crippen LogP contribution in [0.1, 0.15) is 31.2 Å². The molecule has 1 amide bonds. The van der Waals surface area contributed by atoms with Gasteiger partial charge in [-0.15, -0.1) is 0 Å². The SMILES string of the molecule is COc1cccc(C#N)c1NCC(=O)N1CCCCCC1. The van der Waals surface area contributed by atoms with Gasteiger partial charge in [0.25, 0.3) is 0 Å². The van der Waals surface area contributed by atoms with Crippen molar-refractivity contribution in [2.24, 2.45) is 0 Å². The number of rotatable bonds is 4. The molecule has 5 nitrogen and oxygen atoms in total. The van der Waals surface area contributed by atoms with Gasteiger partial charge in [0.15, 0.2) is 0 Å². The maximum absolute atomic E-state index is 12.3. The van der Waals surface area contributed by atoms with Crippen LogP contribution in [0.5, 0.6) is 5.75 Å². The number of para-hydroxylation sites is 1. The molecule has 0 atom stereocenters. The molecule has 0 spiro atoms. The minimum Gasteiger partial charge on any atom is -0.495 e. The van der Waals surface area contributed by atoms with Gasteiger partial charge < -0.3 is 15.0 Å². The van der Waals surface area contributed by atoms with Crippen molar-refractivity contribution in [3.63, 3.8) is 0 Å². The lowest BCUT2D eigenvalue weighted by Crippen LogP contribution is -2.36. The zero-order chi connectivity index (χ0) is 15.1. The summed E-state index contributed by atoms with van der Waals surface area (Å²) in [6, 6.07) is 7.37. The summed E-state index contributed by atoms with van der Waals surface area (Å²) in [4.78, 5) is 14.2. The van der Waals surface area contributed by atoms with Gasteiger partial charge in [0, 0.05) is 13.1 Å². The number of ether oxygens (including phenoxy) is 1. The van der Waals surface area contributed by atoms with Crippen molar-refractivity contribution in [2.45, 2.75) is 25.7 Å². The van der Waals surface area contributed by atoms with Crippen molar-refractivity contribution in [2.75, 3.05) is 32.1 Å². The number of nitrogens with zero attached hydrogens (tertiary/aromatic N) is 2. The van der Waals surface area contributed by atoms with E-state index < -0.39 is 0 Å². The molecule has 1 saturated heterocycles. The van der Waals surface area contributed by atoms with Crippen LogP contribution in [-0.2, 0) is 4.79 Å². The summed E-state index contributed by atoms with van der Waals surface area (Å²) in [5.74, 6) is 0.657. The molecular weight excluding hydrogens is 266 g/mol. The first-order valence-corrected chi connectivity index (χ1v) is 7.35. The highest BCUT2D eigenvalue weighted by atomic mass is 16.5. The van der Waals surface area contributed by atoms with Crippen LogP contribution in [0.15, 0.2) is 18.2 Å². The molecule has 0 aromatic heterocycles. The zero-order valence-corrected chi connectivity index (χ0v) is 12.4. The number of nitriles is 1. The highest BCUT2D eigenvalue weighted by Crippen LogP contribution is 2.27. The molecule has 0 unspecified atom stereocenters. The average molecular weight is 287 g/mol. The molecule has 0 bridgehead atoms. The second-order valence-electron chi connectivity index (χ2n) is 5.14. The zero-order valence-electron chi connectivity index (χ0n) is 12.4. The second-order valence-corrected chi connectivity index (χ2v) is 5.14. The number of amides is 1. The minimum atomic E-state index is 0.0756. The van der Waals surface area contributed by atoms with Crippen molar-refractivity contribution in [3.05, 3.63) is 23.8 Å². The number of hydrogen-bond donors (Lipinski definition) is 1. The molecule has 1 heterocycles. The number of benzene rings is 1. The number of carbonyl (C=O) groups is 1. The maximum Gasteiger partial charge on any atom is 0.241 e. The molecule has 1 aromatic carbocycles. The highest BCUT2D eigenvalue weighted by Gasteiger charge is 2.16. The lowest BCUT2D eigenvalue weighted by Gasteiger charge is -2.21. The van der Waals surface area contributed by atoms with E-state index >= 15 is 0 Å². The van der Waals surface area contributed by atoms with Crippen molar-refractivity contribution >= 4 is 11.6 Å². The van der Waals surface area contributed by atoms with Crippen LogP contribution in [0.3, 0.4) is 0 Å². The van der Waals surface area contributed by atoms with E-state index in [1.54, 1.807) is 25.3 Å². The van der Waals surface area contributed by atoms with E-state index in [2.05, 4.69) is 11.4 Å². The summed E-state index contributed by atoms with van der Waals surface area (Å²) in [6.45, 7) is 1.85. The lowest BCUT2D eigenvalue weighted by molar-refractivity contribution is -0.129. The van der Waals surface area contributed by atoms with E-state index in [4.69, 9.17) is 10.00 Å². The first-order chi connectivity index (χ1) is 10.3. The van der Waals surface area contributed by atoms with Crippen LogP contribution >= 0.6 is 0 Å². The van der Waals surface area contributed by atoms with E-state index in [1.165, 1.54) is 12.8 Å². The Morgan fingerprint density at radius 3 is 2.67 bits per heavy atom. The van der Waals surface area contributed by atoms with Crippen molar-refractivity contribution < 1.29 is 9.53 Å². The first-order valence-electron chi connectivity index (χ1n) is 7.35. The van der Waals surface area contributed by atoms with Gasteiger partial charge in [0.2, 0.25) is 5.91 Å². The maximum atomic E-state index is 12.3. The van der Waals surface area contributed by atoms with Crippen molar-refractivity contribution in [1.29, 1.82) is 5.26 Å². The monoisotopic (exact) mass is 287 g/mol. The summed E-state index contributed by atoms with van der Waals surface area (Å²) >= 11 is 0. The Labute approximate surface area is 125 Å². The molecule has 0 radical (unpaired) electrons. The normalized spacial score (nSPS) is 15.0. The summed E-state index contributed by atoms with van der Waals surface area (Å²) in [5.41, 5.74) is 1.07. The standard InChI is InChI=1S/C16H21N3O2/c1-21-14-8-6-7-13(11-17)16(14)18-12-15(20)19-9-4-2-3-5-10-19/h6-8,18H,2-5,9-10,12H2,1H3. The average Bonchev–Trinajstić information content (AvgIpc) is 2.81. The number of likely N-dealkylation sites (tertiary alicyclic amines) is 1. The number of hydrogen-bond acceptors (Lipinski definition) is 4. The molecule has 21 heavy (non-hydrogen) atoms. The van der Waals surface area contributed by atoms with Gasteiger partial charge >= 0.3 is 0 Å². The fourth-order valence-electron chi connectivity index (χ4n) is 2.57. The third-order valence-corrected chi connectivity index (χ3v) is 3.74. The van der Waals surface area contributed by atoms with Gasteiger partial charge in [-0.25, -0.2) is 0 Å². The van der Waals surface area contributed by atoms with Gasteiger partial charge in [-0.3, -0.25) is 4.79 Å². The van der Waals surface area contributed by atoms with Crippen LogP contribution in [0.4, 0.5) is 5.69 Å². The molecule has 112 valence electrons. The highest BCUT2D eigenvalue weighted by molar-refractivity contribution is 5.82. The fraction of sp³-hybridized carbons (Fsp3) is 0.500. The predicted molar refractivity (Wildman–Crippen MR) is 81.2 cm³/mol. The molecule has 0 aliphatic carbocycles.